The number of rotatable bonds is 4. The zero-order valence-corrected chi connectivity index (χ0v) is 18.2. The summed E-state index contributed by atoms with van der Waals surface area (Å²) >= 11 is 6.78. The summed E-state index contributed by atoms with van der Waals surface area (Å²) in [5, 5.41) is 4.20. The Labute approximate surface area is 179 Å². The number of nitrogens with zero attached hydrogens (tertiary/aromatic N) is 1. The highest BCUT2D eigenvalue weighted by Crippen LogP contribution is 2.43. The molecular weight excluding hydrogens is 387 g/mol. The van der Waals surface area contributed by atoms with Gasteiger partial charge >= 0.3 is 0 Å². The zero-order chi connectivity index (χ0) is 19.3. The average molecular weight is 415 g/mol. The van der Waals surface area contributed by atoms with Crippen molar-refractivity contribution in [3.8, 4) is 0 Å². The SMILES string of the molecule is CC(C)(C)C1CC(=CNc2ccccc2)C(Cl)=C(C=Nc2ccccc2)C1.Cl. The number of allylic oxidation sites excluding steroid dienone is 3. The lowest BCUT2D eigenvalue weighted by molar-refractivity contribution is 0.235. The molecule has 1 atom stereocenters. The van der Waals surface area contributed by atoms with Gasteiger partial charge in [0.05, 0.1) is 5.69 Å². The van der Waals surface area contributed by atoms with Crippen molar-refractivity contribution in [2.75, 3.05) is 5.32 Å². The Morgan fingerprint density at radius 3 is 2.18 bits per heavy atom. The Bertz CT molecular complexity index is 847. The van der Waals surface area contributed by atoms with E-state index in [9.17, 15) is 0 Å². The maximum atomic E-state index is 6.78. The summed E-state index contributed by atoms with van der Waals surface area (Å²) in [5.74, 6) is 0.515. The van der Waals surface area contributed by atoms with E-state index in [1.54, 1.807) is 0 Å². The van der Waals surface area contributed by atoms with Crippen molar-refractivity contribution in [2.24, 2.45) is 16.3 Å². The van der Waals surface area contributed by atoms with E-state index in [4.69, 9.17) is 11.6 Å². The molecule has 0 bridgehead atoms. The van der Waals surface area contributed by atoms with Crippen LogP contribution in [0, 0.1) is 11.3 Å². The van der Waals surface area contributed by atoms with Crippen molar-refractivity contribution in [2.45, 2.75) is 33.6 Å². The van der Waals surface area contributed by atoms with Crippen LogP contribution in [0.2, 0.25) is 0 Å². The lowest BCUT2D eigenvalue weighted by Gasteiger charge is -2.35. The molecule has 148 valence electrons. The van der Waals surface area contributed by atoms with E-state index in [2.05, 4.69) is 43.2 Å². The molecule has 0 spiro atoms. The molecule has 1 N–H and O–H groups in total. The number of benzene rings is 2. The van der Waals surface area contributed by atoms with Crippen LogP contribution < -0.4 is 5.32 Å². The number of para-hydroxylation sites is 2. The van der Waals surface area contributed by atoms with Gasteiger partial charge in [0.25, 0.3) is 0 Å². The van der Waals surface area contributed by atoms with E-state index in [0.717, 1.165) is 40.4 Å². The quantitative estimate of drug-likeness (QED) is 0.507. The molecule has 0 heterocycles. The Morgan fingerprint density at radius 1 is 0.964 bits per heavy atom. The van der Waals surface area contributed by atoms with Gasteiger partial charge in [-0.05, 0) is 59.6 Å². The minimum atomic E-state index is 0. The Kier molecular flexibility index (Phi) is 7.91. The molecule has 0 radical (unpaired) electrons. The Balaban J connectivity index is 0.00000280. The third kappa shape index (κ3) is 5.98. The Hall–Kier alpha value is -2.03. The van der Waals surface area contributed by atoms with Crippen LogP contribution in [0.4, 0.5) is 11.4 Å². The minimum absolute atomic E-state index is 0. The molecule has 0 aromatic heterocycles. The van der Waals surface area contributed by atoms with Crippen molar-refractivity contribution in [1.82, 2.24) is 0 Å². The van der Waals surface area contributed by atoms with E-state index in [1.807, 2.05) is 60.9 Å². The molecule has 1 aliphatic rings. The van der Waals surface area contributed by atoms with Crippen LogP contribution in [-0.4, -0.2) is 6.21 Å². The summed E-state index contributed by atoms with van der Waals surface area (Å²) in [6.45, 7) is 6.89. The fourth-order valence-corrected chi connectivity index (χ4v) is 3.46. The molecule has 2 nitrogen and oxygen atoms in total. The van der Waals surface area contributed by atoms with Crippen molar-refractivity contribution in [1.29, 1.82) is 0 Å². The maximum Gasteiger partial charge on any atom is 0.0629 e. The number of hydrogen-bond acceptors (Lipinski definition) is 2. The first-order valence-electron chi connectivity index (χ1n) is 9.42. The summed E-state index contributed by atoms with van der Waals surface area (Å²) < 4.78 is 0. The van der Waals surface area contributed by atoms with Gasteiger partial charge in [0.1, 0.15) is 0 Å². The molecule has 1 aliphatic carbocycles. The van der Waals surface area contributed by atoms with Crippen LogP contribution in [0.3, 0.4) is 0 Å². The molecule has 0 saturated heterocycles. The molecule has 0 fully saturated rings. The molecule has 0 amide bonds. The molecule has 0 aliphatic heterocycles. The predicted molar refractivity (Wildman–Crippen MR) is 125 cm³/mol. The smallest absolute Gasteiger partial charge is 0.0629 e. The molecule has 1 unspecified atom stereocenters. The van der Waals surface area contributed by atoms with Crippen molar-refractivity contribution >= 4 is 41.6 Å². The number of aliphatic imine (C=N–C) groups is 1. The maximum absolute atomic E-state index is 6.78. The summed E-state index contributed by atoms with van der Waals surface area (Å²) in [4.78, 5) is 4.63. The van der Waals surface area contributed by atoms with Crippen LogP contribution in [-0.2, 0) is 0 Å². The van der Waals surface area contributed by atoms with Crippen LogP contribution in [0.25, 0.3) is 0 Å². The Morgan fingerprint density at radius 2 is 1.57 bits per heavy atom. The number of halogens is 2. The van der Waals surface area contributed by atoms with Gasteiger partial charge in [0.2, 0.25) is 0 Å². The minimum Gasteiger partial charge on any atom is -0.361 e. The molecule has 3 rings (SSSR count). The second-order valence-corrected chi connectivity index (χ2v) is 8.46. The topological polar surface area (TPSA) is 24.4 Å². The zero-order valence-electron chi connectivity index (χ0n) is 16.7. The first-order valence-corrected chi connectivity index (χ1v) is 9.80. The fourth-order valence-electron chi connectivity index (χ4n) is 3.20. The van der Waals surface area contributed by atoms with Gasteiger partial charge in [-0.1, -0.05) is 68.8 Å². The van der Waals surface area contributed by atoms with Gasteiger partial charge in [0, 0.05) is 23.1 Å². The third-order valence-corrected chi connectivity index (χ3v) is 5.52. The first-order chi connectivity index (χ1) is 12.9. The lowest BCUT2D eigenvalue weighted by Crippen LogP contribution is -2.25. The van der Waals surface area contributed by atoms with E-state index in [1.165, 1.54) is 0 Å². The van der Waals surface area contributed by atoms with Crippen molar-refractivity contribution < 1.29 is 0 Å². The van der Waals surface area contributed by atoms with Crippen LogP contribution in [0.5, 0.6) is 0 Å². The van der Waals surface area contributed by atoms with Crippen LogP contribution in [0.15, 0.2) is 88.0 Å². The second-order valence-electron chi connectivity index (χ2n) is 8.08. The number of anilines is 1. The summed E-state index contributed by atoms with van der Waals surface area (Å²) in [6.07, 6.45) is 5.89. The molecule has 2 aromatic rings. The summed E-state index contributed by atoms with van der Waals surface area (Å²) in [7, 11) is 0. The standard InChI is InChI=1S/C24H27ClN2.ClH/c1-24(2,3)20-14-18(16-26-21-10-6-4-7-11-21)23(25)19(15-20)17-27-22-12-8-5-9-13-22;/h4-13,16-17,20,26H,14-15H2,1-3H3;1H. The highest BCUT2D eigenvalue weighted by atomic mass is 35.5. The van der Waals surface area contributed by atoms with E-state index < -0.39 is 0 Å². The average Bonchev–Trinajstić information content (AvgIpc) is 2.67. The number of nitrogens with one attached hydrogen (secondary N) is 1. The predicted octanol–water partition coefficient (Wildman–Crippen LogP) is 7.76. The lowest BCUT2D eigenvalue weighted by atomic mass is 9.71. The van der Waals surface area contributed by atoms with Crippen molar-refractivity contribution in [3.05, 3.63) is 83.0 Å². The van der Waals surface area contributed by atoms with Crippen LogP contribution >= 0.6 is 24.0 Å². The van der Waals surface area contributed by atoms with Gasteiger partial charge in [-0.25, -0.2) is 0 Å². The largest absolute Gasteiger partial charge is 0.361 e. The van der Waals surface area contributed by atoms with Gasteiger partial charge < -0.3 is 5.32 Å². The van der Waals surface area contributed by atoms with Crippen LogP contribution in [0.1, 0.15) is 33.6 Å². The van der Waals surface area contributed by atoms with Crippen molar-refractivity contribution in [3.63, 3.8) is 0 Å². The molecule has 28 heavy (non-hydrogen) atoms. The van der Waals surface area contributed by atoms with Gasteiger partial charge in [-0.2, -0.15) is 0 Å². The second kappa shape index (κ2) is 9.95. The van der Waals surface area contributed by atoms with Gasteiger partial charge in [0.15, 0.2) is 0 Å². The normalized spacial score (nSPS) is 19.0. The summed E-state index contributed by atoms with van der Waals surface area (Å²) in [5.41, 5.74) is 4.45. The monoisotopic (exact) mass is 414 g/mol. The van der Waals surface area contributed by atoms with E-state index in [0.29, 0.717) is 5.92 Å². The molecule has 0 saturated carbocycles. The molecule has 2 aromatic carbocycles. The van der Waals surface area contributed by atoms with Gasteiger partial charge in [-0.15, -0.1) is 12.4 Å². The third-order valence-electron chi connectivity index (χ3n) is 5.03. The summed E-state index contributed by atoms with van der Waals surface area (Å²) in [6, 6.07) is 20.2. The highest BCUT2D eigenvalue weighted by molar-refractivity contribution is 6.33. The van der Waals surface area contributed by atoms with E-state index >= 15 is 0 Å². The van der Waals surface area contributed by atoms with E-state index in [-0.39, 0.29) is 17.8 Å². The van der Waals surface area contributed by atoms with Gasteiger partial charge in [-0.3, -0.25) is 4.99 Å². The highest BCUT2D eigenvalue weighted by Gasteiger charge is 2.31. The first kappa shape index (κ1) is 22.3. The molecular formula is C24H28Cl2N2. The number of hydrogen-bond donors (Lipinski definition) is 1. The fraction of sp³-hybridized carbons (Fsp3) is 0.292. The molecule has 4 heteroatoms.